The number of likely N-dealkylation sites (tertiary alicyclic amines) is 1. The number of allylic oxidation sites excluding steroid dienone is 1. The Labute approximate surface area is 196 Å². The third-order valence-corrected chi connectivity index (χ3v) is 6.21. The lowest BCUT2D eigenvalue weighted by molar-refractivity contribution is 0.202. The Kier molecular flexibility index (Phi) is 6.62. The fraction of sp³-hybridized carbons (Fsp3) is 0.192. The molecule has 0 aromatic heterocycles. The summed E-state index contributed by atoms with van der Waals surface area (Å²) >= 11 is 12.2. The Morgan fingerprint density at radius 2 is 1.34 bits per heavy atom. The Bertz CT molecular complexity index is 1120. The highest BCUT2D eigenvalue weighted by molar-refractivity contribution is 6.30. The van der Waals surface area contributed by atoms with E-state index >= 15 is 0 Å². The van der Waals surface area contributed by atoms with Crippen LogP contribution >= 0.6 is 23.2 Å². The Balaban J connectivity index is 1.71. The van der Waals surface area contributed by atoms with Crippen LogP contribution in [0.1, 0.15) is 29.7 Å². The van der Waals surface area contributed by atoms with Crippen LogP contribution in [0.3, 0.4) is 0 Å². The van der Waals surface area contributed by atoms with Crippen LogP contribution in [0.15, 0.2) is 72.3 Å². The second-order valence-corrected chi connectivity index (χ2v) is 8.81. The number of nitrogens with zero attached hydrogens (tertiary/aromatic N) is 2. The lowest BCUT2D eigenvalue weighted by Gasteiger charge is -2.42. The third-order valence-electron chi connectivity index (χ3n) is 5.71. The van der Waals surface area contributed by atoms with Crippen molar-refractivity contribution >= 4 is 28.8 Å². The minimum atomic E-state index is -0.653. The first kappa shape index (κ1) is 22.5. The molecule has 0 bridgehead atoms. The first-order chi connectivity index (χ1) is 15.4. The molecule has 0 N–H and O–H groups in total. The lowest BCUT2D eigenvalue weighted by Crippen LogP contribution is -2.44. The molecular weight excluding hydrogens is 449 g/mol. The number of halogens is 4. The molecule has 1 aliphatic heterocycles. The van der Waals surface area contributed by atoms with Crippen molar-refractivity contribution in [3.8, 4) is 6.07 Å². The fourth-order valence-corrected chi connectivity index (χ4v) is 4.49. The van der Waals surface area contributed by atoms with Gasteiger partial charge in [-0.1, -0.05) is 47.5 Å². The summed E-state index contributed by atoms with van der Waals surface area (Å²) in [7, 11) is 0. The second-order valence-electron chi connectivity index (χ2n) is 7.94. The van der Waals surface area contributed by atoms with Gasteiger partial charge < -0.3 is 0 Å². The van der Waals surface area contributed by atoms with E-state index in [0.29, 0.717) is 34.3 Å². The second kappa shape index (κ2) is 9.42. The van der Waals surface area contributed by atoms with E-state index in [1.807, 2.05) is 48.5 Å². The largest absolute Gasteiger partial charge is 0.284 e. The number of nitriles is 1. The zero-order valence-electron chi connectivity index (χ0n) is 17.3. The molecule has 2 nitrogen and oxygen atoms in total. The van der Waals surface area contributed by atoms with Gasteiger partial charge in [0, 0.05) is 29.2 Å². The summed E-state index contributed by atoms with van der Waals surface area (Å²) in [5, 5.41) is 10.9. The maximum absolute atomic E-state index is 13.9. The van der Waals surface area contributed by atoms with Gasteiger partial charge in [0.25, 0.3) is 0 Å². The summed E-state index contributed by atoms with van der Waals surface area (Å²) in [6.45, 7) is 2.91. The quantitative estimate of drug-likeness (QED) is 0.392. The molecule has 1 unspecified atom stereocenters. The Morgan fingerprint density at radius 3 is 1.78 bits per heavy atom. The maximum Gasteiger partial charge on any atom is 0.126 e. The zero-order valence-corrected chi connectivity index (χ0v) is 18.8. The molecule has 3 aromatic rings. The molecule has 32 heavy (non-hydrogen) atoms. The van der Waals surface area contributed by atoms with Crippen molar-refractivity contribution in [2.45, 2.75) is 13.0 Å². The Morgan fingerprint density at radius 1 is 0.875 bits per heavy atom. The van der Waals surface area contributed by atoms with Gasteiger partial charge in [0.2, 0.25) is 0 Å². The summed E-state index contributed by atoms with van der Waals surface area (Å²) in [5.74, 6) is -1.79. The molecule has 1 saturated heterocycles. The molecule has 162 valence electrons. The van der Waals surface area contributed by atoms with Gasteiger partial charge in [0.1, 0.15) is 11.6 Å². The molecule has 0 saturated carbocycles. The fourth-order valence-electron chi connectivity index (χ4n) is 4.24. The van der Waals surface area contributed by atoms with E-state index in [-0.39, 0.29) is 6.04 Å². The van der Waals surface area contributed by atoms with Gasteiger partial charge in [-0.2, -0.15) is 5.26 Å². The first-order valence-electron chi connectivity index (χ1n) is 10.2. The SMILES string of the molecule is CC(C#N)C(=C1CN(C(c2ccc(Cl)cc2)c2ccc(Cl)cc2)C1)c1cc(F)cc(F)c1. The van der Waals surface area contributed by atoms with Crippen LogP contribution in [0.4, 0.5) is 8.78 Å². The average Bonchev–Trinajstić information content (AvgIpc) is 2.73. The summed E-state index contributed by atoms with van der Waals surface area (Å²) < 4.78 is 27.8. The van der Waals surface area contributed by atoms with Crippen molar-refractivity contribution in [3.63, 3.8) is 0 Å². The molecule has 1 atom stereocenters. The molecule has 0 aliphatic carbocycles. The van der Waals surface area contributed by atoms with E-state index in [4.69, 9.17) is 23.2 Å². The van der Waals surface area contributed by atoms with Crippen LogP contribution in [0.2, 0.25) is 10.0 Å². The standard InChI is InChI=1S/C26H20Cl2F2N2/c1-16(13-31)25(19-10-23(29)12-24(30)11-19)20-14-32(15-20)26(17-2-6-21(27)7-3-17)18-4-8-22(28)9-5-18/h2-12,16,26H,14-15H2,1H3. The van der Waals surface area contributed by atoms with Crippen molar-refractivity contribution in [1.29, 1.82) is 5.26 Å². The average molecular weight is 469 g/mol. The highest BCUT2D eigenvalue weighted by atomic mass is 35.5. The van der Waals surface area contributed by atoms with Gasteiger partial charge >= 0.3 is 0 Å². The van der Waals surface area contributed by atoms with E-state index in [2.05, 4.69) is 11.0 Å². The van der Waals surface area contributed by atoms with Gasteiger partial charge in [-0.25, -0.2) is 8.78 Å². The van der Waals surface area contributed by atoms with Crippen LogP contribution in [0, 0.1) is 28.9 Å². The maximum atomic E-state index is 13.9. The molecule has 1 heterocycles. The summed E-state index contributed by atoms with van der Waals surface area (Å²) in [4.78, 5) is 2.25. The molecule has 1 aliphatic rings. The first-order valence-corrected chi connectivity index (χ1v) is 10.9. The molecule has 1 fully saturated rings. The van der Waals surface area contributed by atoms with E-state index in [0.717, 1.165) is 22.8 Å². The van der Waals surface area contributed by atoms with Crippen molar-refractivity contribution < 1.29 is 8.78 Å². The predicted octanol–water partition coefficient (Wildman–Crippen LogP) is 7.29. The molecule has 0 radical (unpaired) electrons. The van der Waals surface area contributed by atoms with Crippen LogP contribution in [0.5, 0.6) is 0 Å². The normalized spacial score (nSPS) is 14.7. The van der Waals surface area contributed by atoms with Gasteiger partial charge in [-0.05, 0) is 71.2 Å². The van der Waals surface area contributed by atoms with E-state index in [1.165, 1.54) is 12.1 Å². The topological polar surface area (TPSA) is 27.0 Å². The summed E-state index contributed by atoms with van der Waals surface area (Å²) in [6, 6.07) is 21.0. The van der Waals surface area contributed by atoms with E-state index in [1.54, 1.807) is 6.92 Å². The van der Waals surface area contributed by atoms with Crippen molar-refractivity contribution in [3.05, 3.63) is 111 Å². The van der Waals surface area contributed by atoms with Crippen molar-refractivity contribution in [1.82, 2.24) is 4.90 Å². The molecule has 0 spiro atoms. The van der Waals surface area contributed by atoms with Gasteiger partial charge in [0.15, 0.2) is 0 Å². The highest BCUT2D eigenvalue weighted by Gasteiger charge is 2.33. The third kappa shape index (κ3) is 4.71. The smallest absolute Gasteiger partial charge is 0.126 e. The molecule has 4 rings (SSSR count). The number of hydrogen-bond donors (Lipinski definition) is 0. The van der Waals surface area contributed by atoms with Crippen molar-refractivity contribution in [2.24, 2.45) is 5.92 Å². The number of hydrogen-bond acceptors (Lipinski definition) is 2. The number of rotatable bonds is 5. The minimum absolute atomic E-state index is 0.0452. The summed E-state index contributed by atoms with van der Waals surface area (Å²) in [6.07, 6.45) is 0. The molecule has 0 amide bonds. The molecule has 6 heteroatoms. The minimum Gasteiger partial charge on any atom is -0.284 e. The zero-order chi connectivity index (χ0) is 22.8. The molecule has 3 aromatic carbocycles. The summed E-state index contributed by atoms with van der Waals surface area (Å²) in [5.41, 5.74) is 4.25. The number of benzene rings is 3. The highest BCUT2D eigenvalue weighted by Crippen LogP contribution is 2.39. The van der Waals surface area contributed by atoms with E-state index < -0.39 is 17.6 Å². The van der Waals surface area contributed by atoms with Gasteiger partial charge in [-0.3, -0.25) is 4.90 Å². The Hall–Kier alpha value is -2.71. The van der Waals surface area contributed by atoms with Gasteiger partial charge in [0.05, 0.1) is 18.0 Å². The lowest BCUT2D eigenvalue weighted by atomic mass is 9.85. The van der Waals surface area contributed by atoms with Crippen LogP contribution < -0.4 is 0 Å². The van der Waals surface area contributed by atoms with E-state index in [9.17, 15) is 14.0 Å². The monoisotopic (exact) mass is 468 g/mol. The molecular formula is C26H20Cl2F2N2. The van der Waals surface area contributed by atoms with Crippen LogP contribution in [0.25, 0.3) is 5.57 Å². The van der Waals surface area contributed by atoms with Crippen LogP contribution in [-0.2, 0) is 0 Å². The van der Waals surface area contributed by atoms with Gasteiger partial charge in [-0.15, -0.1) is 0 Å². The van der Waals surface area contributed by atoms with Crippen molar-refractivity contribution in [2.75, 3.05) is 13.1 Å². The predicted molar refractivity (Wildman–Crippen MR) is 124 cm³/mol. The van der Waals surface area contributed by atoms with Crippen LogP contribution in [-0.4, -0.2) is 18.0 Å².